The van der Waals surface area contributed by atoms with Crippen molar-refractivity contribution in [3.8, 4) is 0 Å². The van der Waals surface area contributed by atoms with Crippen molar-refractivity contribution >= 4 is 0 Å². The maximum Gasteiger partial charge on any atom is 0.105 e. The summed E-state index contributed by atoms with van der Waals surface area (Å²) in [7, 11) is 2.07. The summed E-state index contributed by atoms with van der Waals surface area (Å²) < 4.78 is 11.7. The molecule has 1 aromatic heterocycles. The Kier molecular flexibility index (Phi) is 4.18. The van der Waals surface area contributed by atoms with Crippen LogP contribution in [0.25, 0.3) is 0 Å². The van der Waals surface area contributed by atoms with Crippen molar-refractivity contribution in [1.82, 2.24) is 5.32 Å². The van der Waals surface area contributed by atoms with E-state index in [-0.39, 0.29) is 5.60 Å². The molecule has 112 valence electrons. The van der Waals surface area contributed by atoms with Crippen LogP contribution in [0.2, 0.25) is 0 Å². The minimum Gasteiger partial charge on any atom is -0.469 e. The molecule has 1 aliphatic heterocycles. The normalized spacial score (nSPS) is 27.6. The fraction of sp³-hybridized carbons (Fsp3) is 0.765. The summed E-state index contributed by atoms with van der Waals surface area (Å²) >= 11 is 0. The molecule has 2 atom stereocenters. The maximum absolute atomic E-state index is 6.23. The van der Waals surface area contributed by atoms with E-state index in [1.54, 1.807) is 0 Å². The zero-order valence-electron chi connectivity index (χ0n) is 12.8. The van der Waals surface area contributed by atoms with Crippen LogP contribution in [0.4, 0.5) is 0 Å². The first kappa shape index (κ1) is 14.2. The minimum absolute atomic E-state index is 0.175. The van der Waals surface area contributed by atoms with E-state index in [1.165, 1.54) is 44.1 Å². The van der Waals surface area contributed by atoms with E-state index in [0.717, 1.165) is 18.8 Å². The molecule has 1 aliphatic carbocycles. The van der Waals surface area contributed by atoms with Crippen molar-refractivity contribution in [3.63, 3.8) is 0 Å². The first-order valence-corrected chi connectivity index (χ1v) is 8.09. The van der Waals surface area contributed by atoms with Gasteiger partial charge in [-0.3, -0.25) is 0 Å². The lowest BCUT2D eigenvalue weighted by atomic mass is 9.73. The predicted molar refractivity (Wildman–Crippen MR) is 79.7 cm³/mol. The van der Waals surface area contributed by atoms with Crippen molar-refractivity contribution in [2.45, 2.75) is 63.5 Å². The summed E-state index contributed by atoms with van der Waals surface area (Å²) in [5.41, 5.74) is 1.50. The van der Waals surface area contributed by atoms with Crippen molar-refractivity contribution in [2.75, 3.05) is 13.7 Å². The molecule has 2 aliphatic rings. The third kappa shape index (κ3) is 2.66. The topological polar surface area (TPSA) is 34.4 Å². The zero-order chi connectivity index (χ0) is 14.0. The number of hydrogen-bond acceptors (Lipinski definition) is 3. The Balaban J connectivity index is 1.76. The monoisotopic (exact) mass is 277 g/mol. The fourth-order valence-corrected chi connectivity index (χ4v) is 4.26. The van der Waals surface area contributed by atoms with Gasteiger partial charge in [-0.1, -0.05) is 19.3 Å². The molecular formula is C17H27NO2. The van der Waals surface area contributed by atoms with Gasteiger partial charge in [-0.15, -0.1) is 0 Å². The van der Waals surface area contributed by atoms with Crippen molar-refractivity contribution in [3.05, 3.63) is 23.7 Å². The van der Waals surface area contributed by atoms with E-state index >= 15 is 0 Å². The van der Waals surface area contributed by atoms with Crippen LogP contribution in [0.3, 0.4) is 0 Å². The molecule has 1 aromatic rings. The molecule has 0 radical (unpaired) electrons. The van der Waals surface area contributed by atoms with E-state index in [0.29, 0.717) is 12.0 Å². The van der Waals surface area contributed by atoms with Gasteiger partial charge < -0.3 is 14.5 Å². The maximum atomic E-state index is 6.23. The van der Waals surface area contributed by atoms with Crippen LogP contribution in [0.15, 0.2) is 16.7 Å². The molecule has 0 amide bonds. The van der Waals surface area contributed by atoms with Crippen molar-refractivity contribution in [2.24, 2.45) is 5.92 Å². The molecule has 0 aromatic carbocycles. The lowest BCUT2D eigenvalue weighted by Crippen LogP contribution is -2.44. The predicted octanol–water partition coefficient (Wildman–Crippen LogP) is 3.98. The number of aryl methyl sites for hydroxylation is 1. The van der Waals surface area contributed by atoms with Gasteiger partial charge in [0.25, 0.3) is 0 Å². The summed E-state index contributed by atoms with van der Waals surface area (Å²) in [6, 6.07) is 2.52. The average Bonchev–Trinajstić information content (AvgIpc) is 2.87. The SMILES string of the molecule is CNC(c1ccoc1C)C1CCOC2(CCCCC2)C1. The molecule has 1 saturated carbocycles. The van der Waals surface area contributed by atoms with Gasteiger partial charge in [-0.2, -0.15) is 0 Å². The summed E-state index contributed by atoms with van der Waals surface area (Å²) in [5.74, 6) is 1.71. The van der Waals surface area contributed by atoms with E-state index < -0.39 is 0 Å². The number of rotatable bonds is 3. The molecule has 2 fully saturated rings. The quantitative estimate of drug-likeness (QED) is 0.907. The van der Waals surface area contributed by atoms with Crippen LogP contribution in [-0.4, -0.2) is 19.3 Å². The Bertz CT molecular complexity index is 428. The largest absolute Gasteiger partial charge is 0.469 e. The van der Waals surface area contributed by atoms with Gasteiger partial charge in [-0.05, 0) is 51.6 Å². The molecule has 1 saturated heterocycles. The van der Waals surface area contributed by atoms with Gasteiger partial charge in [0.15, 0.2) is 0 Å². The van der Waals surface area contributed by atoms with Crippen molar-refractivity contribution in [1.29, 1.82) is 0 Å². The summed E-state index contributed by atoms with van der Waals surface area (Å²) in [6.07, 6.45) is 10.7. The number of hydrogen-bond donors (Lipinski definition) is 1. The Morgan fingerprint density at radius 2 is 2.10 bits per heavy atom. The standard InChI is InChI=1S/C17H27NO2/c1-13-15(7-10-19-13)16(18-2)14-6-11-20-17(12-14)8-4-3-5-9-17/h7,10,14,16,18H,3-6,8-9,11-12H2,1-2H3. The van der Waals surface area contributed by atoms with Gasteiger partial charge in [0, 0.05) is 18.2 Å². The van der Waals surface area contributed by atoms with Gasteiger partial charge in [-0.25, -0.2) is 0 Å². The van der Waals surface area contributed by atoms with Crippen LogP contribution >= 0.6 is 0 Å². The Morgan fingerprint density at radius 1 is 1.30 bits per heavy atom. The van der Waals surface area contributed by atoms with Gasteiger partial charge in [0.1, 0.15) is 5.76 Å². The molecule has 3 heteroatoms. The second kappa shape index (κ2) is 5.90. The van der Waals surface area contributed by atoms with Crippen LogP contribution in [0.5, 0.6) is 0 Å². The van der Waals surface area contributed by atoms with Crippen LogP contribution in [-0.2, 0) is 4.74 Å². The first-order valence-electron chi connectivity index (χ1n) is 8.09. The van der Waals surface area contributed by atoms with Gasteiger partial charge in [0.2, 0.25) is 0 Å². The highest BCUT2D eigenvalue weighted by atomic mass is 16.5. The van der Waals surface area contributed by atoms with Crippen molar-refractivity contribution < 1.29 is 9.15 Å². The average molecular weight is 277 g/mol. The Labute approximate surface area is 122 Å². The van der Waals surface area contributed by atoms with Crippen LogP contribution in [0.1, 0.15) is 62.3 Å². The highest BCUT2D eigenvalue weighted by Gasteiger charge is 2.41. The third-order valence-corrected chi connectivity index (χ3v) is 5.31. The summed E-state index contributed by atoms with van der Waals surface area (Å²) in [6.45, 7) is 2.98. The zero-order valence-corrected chi connectivity index (χ0v) is 12.8. The van der Waals surface area contributed by atoms with E-state index in [1.807, 2.05) is 6.26 Å². The smallest absolute Gasteiger partial charge is 0.105 e. The van der Waals surface area contributed by atoms with E-state index in [2.05, 4.69) is 25.4 Å². The minimum atomic E-state index is 0.175. The Hall–Kier alpha value is -0.800. The van der Waals surface area contributed by atoms with E-state index in [4.69, 9.17) is 9.15 Å². The van der Waals surface area contributed by atoms with E-state index in [9.17, 15) is 0 Å². The molecule has 0 bridgehead atoms. The van der Waals surface area contributed by atoms with Crippen LogP contribution in [0, 0.1) is 12.8 Å². The molecule has 3 rings (SSSR count). The Morgan fingerprint density at radius 3 is 2.75 bits per heavy atom. The van der Waals surface area contributed by atoms with Crippen LogP contribution < -0.4 is 5.32 Å². The molecule has 1 spiro atoms. The second-order valence-corrected chi connectivity index (χ2v) is 6.54. The molecule has 1 N–H and O–H groups in total. The summed E-state index contributed by atoms with van der Waals surface area (Å²) in [5, 5.41) is 3.52. The second-order valence-electron chi connectivity index (χ2n) is 6.54. The highest BCUT2D eigenvalue weighted by Crippen LogP contribution is 2.44. The highest BCUT2D eigenvalue weighted by molar-refractivity contribution is 5.21. The first-order chi connectivity index (χ1) is 9.74. The lowest BCUT2D eigenvalue weighted by Gasteiger charge is -2.45. The number of nitrogens with one attached hydrogen (secondary N) is 1. The molecule has 2 unspecified atom stereocenters. The number of furan rings is 1. The number of ether oxygens (including phenoxy) is 1. The summed E-state index contributed by atoms with van der Waals surface area (Å²) in [4.78, 5) is 0. The van der Waals surface area contributed by atoms with Gasteiger partial charge >= 0.3 is 0 Å². The molecule has 20 heavy (non-hydrogen) atoms. The molecule has 2 heterocycles. The molecular weight excluding hydrogens is 250 g/mol. The third-order valence-electron chi connectivity index (χ3n) is 5.31. The fourth-order valence-electron chi connectivity index (χ4n) is 4.26. The van der Waals surface area contributed by atoms with Gasteiger partial charge in [0.05, 0.1) is 11.9 Å². The lowest BCUT2D eigenvalue weighted by molar-refractivity contribution is -0.121. The molecule has 3 nitrogen and oxygen atoms in total.